The molecule has 3 aromatic rings. The summed E-state index contributed by atoms with van der Waals surface area (Å²) < 4.78 is 10.6. The molecule has 0 aliphatic carbocycles. The van der Waals surface area contributed by atoms with Crippen LogP contribution in [0, 0.1) is 0 Å². The highest BCUT2D eigenvalue weighted by molar-refractivity contribution is 7.22. The molecule has 148 valence electrons. The lowest BCUT2D eigenvalue weighted by atomic mass is 10.1. The number of rotatable bonds is 6. The van der Waals surface area contributed by atoms with E-state index in [9.17, 15) is 4.79 Å². The standard InChI is InChI=1S/C16H13Cl2N3O3S.C3H6/c1-23-9-4-10(24-2)15(18)13(14(9)17)11-3-8-5-20-12(6-19-7-22)21-16(8)25-11;1-3-2/h3-5,7H,6H2,1-2H3,(H,19,22);3H,1H2,2H3. The average molecular weight is 440 g/mol. The van der Waals surface area contributed by atoms with E-state index in [2.05, 4.69) is 21.9 Å². The monoisotopic (exact) mass is 439 g/mol. The van der Waals surface area contributed by atoms with Crippen LogP contribution in [0.15, 0.2) is 31.0 Å². The lowest BCUT2D eigenvalue weighted by Gasteiger charge is -2.13. The fraction of sp³-hybridized carbons (Fsp3) is 0.211. The van der Waals surface area contributed by atoms with Crippen LogP contribution in [0.25, 0.3) is 20.7 Å². The van der Waals surface area contributed by atoms with Crippen LogP contribution in [0.3, 0.4) is 0 Å². The summed E-state index contributed by atoms with van der Waals surface area (Å²) in [6, 6.07) is 3.55. The normalized spacial score (nSPS) is 10.0. The molecule has 1 aromatic carbocycles. The third kappa shape index (κ3) is 4.73. The number of benzene rings is 1. The predicted molar refractivity (Wildman–Crippen MR) is 115 cm³/mol. The number of aromatic nitrogens is 2. The van der Waals surface area contributed by atoms with Gasteiger partial charge in [0, 0.05) is 28.1 Å². The molecular weight excluding hydrogens is 421 g/mol. The molecule has 0 fully saturated rings. The van der Waals surface area contributed by atoms with E-state index in [0.717, 1.165) is 15.1 Å². The number of methoxy groups -OCH3 is 2. The maximum absolute atomic E-state index is 10.4. The van der Waals surface area contributed by atoms with Gasteiger partial charge >= 0.3 is 0 Å². The number of halogens is 2. The smallest absolute Gasteiger partial charge is 0.207 e. The Hall–Kier alpha value is -2.35. The molecule has 0 aliphatic heterocycles. The molecule has 3 rings (SSSR count). The van der Waals surface area contributed by atoms with E-state index >= 15 is 0 Å². The second kappa shape index (κ2) is 10.3. The van der Waals surface area contributed by atoms with Crippen LogP contribution in [0.5, 0.6) is 11.5 Å². The number of carbonyl (C=O) groups is 1. The van der Waals surface area contributed by atoms with Gasteiger partial charge in [0.1, 0.15) is 22.2 Å². The van der Waals surface area contributed by atoms with E-state index in [0.29, 0.717) is 39.3 Å². The molecule has 2 aromatic heterocycles. The molecule has 9 heteroatoms. The molecule has 0 atom stereocenters. The van der Waals surface area contributed by atoms with Crippen molar-refractivity contribution in [2.75, 3.05) is 14.2 Å². The second-order valence-electron chi connectivity index (χ2n) is 5.35. The van der Waals surface area contributed by atoms with Crippen LogP contribution in [0.1, 0.15) is 12.7 Å². The summed E-state index contributed by atoms with van der Waals surface area (Å²) in [5.41, 5.74) is 0.620. The lowest BCUT2D eigenvalue weighted by molar-refractivity contribution is -0.109. The molecule has 0 radical (unpaired) electrons. The van der Waals surface area contributed by atoms with Gasteiger partial charge in [0.05, 0.1) is 30.8 Å². The summed E-state index contributed by atoms with van der Waals surface area (Å²) in [6.45, 7) is 5.52. The Bertz CT molecular complexity index is 964. The van der Waals surface area contributed by atoms with Crippen LogP contribution < -0.4 is 14.8 Å². The van der Waals surface area contributed by atoms with Crippen molar-refractivity contribution in [1.29, 1.82) is 0 Å². The highest BCUT2D eigenvalue weighted by Gasteiger charge is 2.20. The summed E-state index contributed by atoms with van der Waals surface area (Å²) in [7, 11) is 3.06. The van der Waals surface area contributed by atoms with Crippen LogP contribution in [-0.4, -0.2) is 30.6 Å². The number of fused-ring (bicyclic) bond motifs is 1. The van der Waals surface area contributed by atoms with Crippen LogP contribution in [0.2, 0.25) is 10.0 Å². The number of carbonyl (C=O) groups excluding carboxylic acids is 1. The zero-order valence-electron chi connectivity index (χ0n) is 15.6. The van der Waals surface area contributed by atoms with Gasteiger partial charge in [0.15, 0.2) is 0 Å². The Morgan fingerprint density at radius 2 is 1.82 bits per heavy atom. The van der Waals surface area contributed by atoms with E-state index in [1.807, 2.05) is 13.0 Å². The molecule has 0 spiro atoms. The van der Waals surface area contributed by atoms with Crippen molar-refractivity contribution in [3.8, 4) is 21.9 Å². The van der Waals surface area contributed by atoms with Crippen LogP contribution in [-0.2, 0) is 11.3 Å². The molecule has 2 heterocycles. The molecule has 28 heavy (non-hydrogen) atoms. The van der Waals surface area contributed by atoms with Crippen molar-refractivity contribution < 1.29 is 14.3 Å². The minimum Gasteiger partial charge on any atom is -0.495 e. The minimum absolute atomic E-state index is 0.265. The van der Waals surface area contributed by atoms with Crippen molar-refractivity contribution in [2.45, 2.75) is 13.5 Å². The largest absolute Gasteiger partial charge is 0.495 e. The van der Waals surface area contributed by atoms with Crippen molar-refractivity contribution >= 4 is 51.2 Å². The molecule has 1 N–H and O–H groups in total. The first-order chi connectivity index (χ1) is 13.5. The number of hydrogen-bond donors (Lipinski definition) is 1. The van der Waals surface area contributed by atoms with Crippen LogP contribution in [0.4, 0.5) is 0 Å². The Kier molecular flexibility index (Phi) is 8.04. The fourth-order valence-corrected chi connectivity index (χ4v) is 4.21. The average Bonchev–Trinajstić information content (AvgIpc) is 3.10. The van der Waals surface area contributed by atoms with Crippen molar-refractivity contribution in [3.05, 3.63) is 46.9 Å². The zero-order valence-corrected chi connectivity index (χ0v) is 17.9. The topological polar surface area (TPSA) is 73.3 Å². The van der Waals surface area contributed by atoms with E-state index in [1.165, 1.54) is 25.6 Å². The highest BCUT2D eigenvalue weighted by atomic mass is 35.5. The van der Waals surface area contributed by atoms with Gasteiger partial charge in [-0.05, 0) is 13.0 Å². The van der Waals surface area contributed by atoms with Gasteiger partial charge in [-0.15, -0.1) is 17.9 Å². The van der Waals surface area contributed by atoms with Gasteiger partial charge in [-0.2, -0.15) is 0 Å². The van der Waals surface area contributed by atoms with Gasteiger partial charge in [0.25, 0.3) is 0 Å². The van der Waals surface area contributed by atoms with Crippen molar-refractivity contribution in [2.24, 2.45) is 0 Å². The molecule has 0 unspecified atom stereocenters. The molecule has 0 saturated heterocycles. The van der Waals surface area contributed by atoms with Gasteiger partial charge in [-0.3, -0.25) is 4.79 Å². The molecule has 6 nitrogen and oxygen atoms in total. The third-order valence-electron chi connectivity index (χ3n) is 3.49. The van der Waals surface area contributed by atoms with E-state index in [1.54, 1.807) is 18.3 Å². The Labute approximate surface area is 177 Å². The molecule has 0 aliphatic rings. The Morgan fingerprint density at radius 3 is 2.36 bits per heavy atom. The Morgan fingerprint density at radius 1 is 1.21 bits per heavy atom. The SMILES string of the molecule is C=CC.COc1cc(OC)c(Cl)c(-c2cc3cnc(CNC=O)nc3s2)c1Cl. The number of thiophene rings is 1. The summed E-state index contributed by atoms with van der Waals surface area (Å²) in [5.74, 6) is 1.46. The summed E-state index contributed by atoms with van der Waals surface area (Å²) >= 11 is 14.3. The maximum Gasteiger partial charge on any atom is 0.207 e. The van der Waals surface area contributed by atoms with Crippen molar-refractivity contribution in [1.82, 2.24) is 15.3 Å². The first-order valence-corrected chi connectivity index (χ1v) is 9.67. The van der Waals surface area contributed by atoms with Gasteiger partial charge in [-0.25, -0.2) is 9.97 Å². The molecule has 0 bridgehead atoms. The van der Waals surface area contributed by atoms with E-state index in [-0.39, 0.29) is 6.54 Å². The Balaban J connectivity index is 0.000000878. The highest BCUT2D eigenvalue weighted by Crippen LogP contribution is 2.48. The second-order valence-corrected chi connectivity index (χ2v) is 7.14. The van der Waals surface area contributed by atoms with Gasteiger partial charge in [-0.1, -0.05) is 29.3 Å². The lowest BCUT2D eigenvalue weighted by Crippen LogP contribution is -2.12. The van der Waals surface area contributed by atoms with Crippen LogP contribution >= 0.6 is 34.5 Å². The van der Waals surface area contributed by atoms with Gasteiger partial charge < -0.3 is 14.8 Å². The van der Waals surface area contributed by atoms with Gasteiger partial charge in [0.2, 0.25) is 6.41 Å². The molecular formula is C19H19Cl2N3O3S. The number of ether oxygens (including phenoxy) is 2. The van der Waals surface area contributed by atoms with Crippen molar-refractivity contribution in [3.63, 3.8) is 0 Å². The number of hydrogen-bond acceptors (Lipinski definition) is 6. The first-order valence-electron chi connectivity index (χ1n) is 8.10. The number of amides is 1. The zero-order chi connectivity index (χ0) is 20.7. The molecule has 0 saturated carbocycles. The minimum atomic E-state index is 0.265. The maximum atomic E-state index is 10.4. The fourth-order valence-electron chi connectivity index (χ4n) is 2.31. The third-order valence-corrected chi connectivity index (χ3v) is 5.30. The number of nitrogens with zero attached hydrogens (tertiary/aromatic N) is 2. The summed E-state index contributed by atoms with van der Waals surface area (Å²) in [4.78, 5) is 20.7. The van der Waals surface area contributed by atoms with E-state index < -0.39 is 0 Å². The number of allylic oxidation sites excluding steroid dienone is 1. The first kappa shape index (κ1) is 21.9. The predicted octanol–water partition coefficient (Wildman–Crippen LogP) is 5.12. The number of nitrogens with one attached hydrogen (secondary N) is 1. The quantitative estimate of drug-likeness (QED) is 0.426. The summed E-state index contributed by atoms with van der Waals surface area (Å²) in [6.07, 6.45) is 4.05. The summed E-state index contributed by atoms with van der Waals surface area (Å²) in [5, 5.41) is 4.19. The van der Waals surface area contributed by atoms with E-state index in [4.69, 9.17) is 32.7 Å². The molecule has 1 amide bonds.